The smallest absolute Gasteiger partial charge is 0.169 e. The lowest BCUT2D eigenvalue weighted by atomic mass is 10.2. The zero-order valence-corrected chi connectivity index (χ0v) is 14.1. The summed E-state index contributed by atoms with van der Waals surface area (Å²) in [6.07, 6.45) is 4.77. The van der Waals surface area contributed by atoms with Crippen LogP contribution in [0.4, 0.5) is 0 Å². The second kappa shape index (κ2) is 10.0. The SMILES string of the molecule is CCCCN(CCCC)C(=S)NCc1ccc(Cl)cc1. The fraction of sp³-hybridized carbons (Fsp3) is 0.562. The molecule has 1 rings (SSSR count). The van der Waals surface area contributed by atoms with Crippen molar-refractivity contribution in [2.45, 2.75) is 46.1 Å². The summed E-state index contributed by atoms with van der Waals surface area (Å²) in [6.45, 7) is 7.26. The molecule has 0 aromatic heterocycles. The van der Waals surface area contributed by atoms with E-state index >= 15 is 0 Å². The van der Waals surface area contributed by atoms with Gasteiger partial charge < -0.3 is 10.2 Å². The maximum Gasteiger partial charge on any atom is 0.169 e. The topological polar surface area (TPSA) is 15.3 Å². The minimum absolute atomic E-state index is 0.755. The Hall–Kier alpha value is -0.800. The van der Waals surface area contributed by atoms with Crippen molar-refractivity contribution in [3.05, 3.63) is 34.9 Å². The molecule has 20 heavy (non-hydrogen) atoms. The number of halogens is 1. The lowest BCUT2D eigenvalue weighted by Gasteiger charge is -2.25. The quantitative estimate of drug-likeness (QED) is 0.705. The van der Waals surface area contributed by atoms with Crippen molar-refractivity contribution in [2.75, 3.05) is 13.1 Å². The number of unbranched alkanes of at least 4 members (excludes halogenated alkanes) is 2. The molecule has 0 atom stereocenters. The summed E-state index contributed by atoms with van der Waals surface area (Å²) in [6, 6.07) is 7.88. The van der Waals surface area contributed by atoms with E-state index in [4.69, 9.17) is 23.8 Å². The molecule has 0 unspecified atom stereocenters. The van der Waals surface area contributed by atoms with Gasteiger partial charge in [0.15, 0.2) is 5.11 Å². The molecule has 0 heterocycles. The highest BCUT2D eigenvalue weighted by Gasteiger charge is 2.08. The predicted octanol–water partition coefficient (Wildman–Crippen LogP) is 4.62. The Kier molecular flexibility index (Phi) is 8.63. The van der Waals surface area contributed by atoms with Gasteiger partial charge in [0.05, 0.1) is 0 Å². The Morgan fingerprint density at radius 2 is 1.65 bits per heavy atom. The third-order valence-corrected chi connectivity index (χ3v) is 3.86. The van der Waals surface area contributed by atoms with Crippen LogP contribution in [0.2, 0.25) is 5.02 Å². The molecular weight excluding hydrogens is 288 g/mol. The zero-order chi connectivity index (χ0) is 14.8. The van der Waals surface area contributed by atoms with E-state index in [0.717, 1.165) is 29.8 Å². The van der Waals surface area contributed by atoms with Gasteiger partial charge in [-0.3, -0.25) is 0 Å². The standard InChI is InChI=1S/C16H25ClN2S/c1-3-5-11-19(12-6-4-2)16(20)18-13-14-7-9-15(17)10-8-14/h7-10H,3-6,11-13H2,1-2H3,(H,18,20). The van der Waals surface area contributed by atoms with E-state index in [1.165, 1.54) is 31.2 Å². The molecule has 0 amide bonds. The molecule has 0 radical (unpaired) electrons. The van der Waals surface area contributed by atoms with E-state index in [9.17, 15) is 0 Å². The molecule has 1 N–H and O–H groups in total. The Morgan fingerprint density at radius 3 is 2.15 bits per heavy atom. The van der Waals surface area contributed by atoms with Crippen molar-refractivity contribution in [1.82, 2.24) is 10.2 Å². The van der Waals surface area contributed by atoms with Crippen LogP contribution >= 0.6 is 23.8 Å². The monoisotopic (exact) mass is 312 g/mol. The zero-order valence-electron chi connectivity index (χ0n) is 12.5. The highest BCUT2D eigenvalue weighted by Crippen LogP contribution is 2.09. The lowest BCUT2D eigenvalue weighted by molar-refractivity contribution is 0.392. The molecule has 112 valence electrons. The minimum atomic E-state index is 0.755. The summed E-state index contributed by atoms with van der Waals surface area (Å²) in [7, 11) is 0. The van der Waals surface area contributed by atoms with Gasteiger partial charge in [0.25, 0.3) is 0 Å². The van der Waals surface area contributed by atoms with Crippen molar-refractivity contribution in [3.63, 3.8) is 0 Å². The molecule has 0 spiro atoms. The van der Waals surface area contributed by atoms with Gasteiger partial charge >= 0.3 is 0 Å². The normalized spacial score (nSPS) is 10.3. The third kappa shape index (κ3) is 6.58. The molecule has 2 nitrogen and oxygen atoms in total. The molecule has 4 heteroatoms. The fourth-order valence-electron chi connectivity index (χ4n) is 1.90. The molecule has 0 fully saturated rings. The van der Waals surface area contributed by atoms with Gasteiger partial charge in [-0.25, -0.2) is 0 Å². The largest absolute Gasteiger partial charge is 0.358 e. The van der Waals surface area contributed by atoms with Crippen LogP contribution in [0, 0.1) is 0 Å². The molecule has 0 aliphatic carbocycles. The second-order valence-electron chi connectivity index (χ2n) is 4.98. The number of hydrogen-bond acceptors (Lipinski definition) is 1. The van der Waals surface area contributed by atoms with Crippen molar-refractivity contribution in [2.24, 2.45) is 0 Å². The molecular formula is C16H25ClN2S. The molecule has 1 aromatic rings. The first-order chi connectivity index (χ1) is 9.67. The van der Waals surface area contributed by atoms with Crippen LogP contribution in [0.25, 0.3) is 0 Å². The summed E-state index contributed by atoms with van der Waals surface area (Å²) in [5.74, 6) is 0. The van der Waals surface area contributed by atoms with Gasteiger partial charge in [0.2, 0.25) is 0 Å². The Bertz CT molecular complexity index is 384. The van der Waals surface area contributed by atoms with Crippen molar-refractivity contribution in [1.29, 1.82) is 0 Å². The number of nitrogens with one attached hydrogen (secondary N) is 1. The first-order valence-electron chi connectivity index (χ1n) is 7.44. The van der Waals surface area contributed by atoms with E-state index < -0.39 is 0 Å². The van der Waals surface area contributed by atoms with Crippen LogP contribution in [-0.4, -0.2) is 23.1 Å². The Labute approximate surface area is 133 Å². The second-order valence-corrected chi connectivity index (χ2v) is 5.80. The first kappa shape index (κ1) is 17.3. The maximum absolute atomic E-state index is 5.88. The Balaban J connectivity index is 2.45. The van der Waals surface area contributed by atoms with Gasteiger partial charge in [-0.15, -0.1) is 0 Å². The fourth-order valence-corrected chi connectivity index (χ4v) is 2.29. The van der Waals surface area contributed by atoms with Gasteiger partial charge in [0.1, 0.15) is 0 Å². The Morgan fingerprint density at radius 1 is 1.10 bits per heavy atom. The average molecular weight is 313 g/mol. The number of thiocarbonyl (C=S) groups is 1. The number of nitrogens with zero attached hydrogens (tertiary/aromatic N) is 1. The summed E-state index contributed by atoms with van der Waals surface area (Å²) < 4.78 is 0. The molecule has 0 saturated heterocycles. The van der Waals surface area contributed by atoms with E-state index in [2.05, 4.69) is 24.1 Å². The summed E-state index contributed by atoms with van der Waals surface area (Å²) in [4.78, 5) is 2.29. The summed E-state index contributed by atoms with van der Waals surface area (Å²) in [5, 5.41) is 4.98. The van der Waals surface area contributed by atoms with Gasteiger partial charge in [-0.05, 0) is 42.8 Å². The van der Waals surface area contributed by atoms with Gasteiger partial charge in [-0.1, -0.05) is 50.4 Å². The highest BCUT2D eigenvalue weighted by molar-refractivity contribution is 7.80. The molecule has 0 saturated carbocycles. The average Bonchev–Trinajstić information content (AvgIpc) is 2.46. The van der Waals surface area contributed by atoms with Gasteiger partial charge in [0, 0.05) is 24.7 Å². The summed E-state index contributed by atoms with van der Waals surface area (Å²) in [5.41, 5.74) is 1.20. The molecule has 1 aromatic carbocycles. The van der Waals surface area contributed by atoms with Crippen LogP contribution < -0.4 is 5.32 Å². The molecule has 0 aliphatic rings. The number of benzene rings is 1. The first-order valence-corrected chi connectivity index (χ1v) is 8.23. The number of hydrogen-bond donors (Lipinski definition) is 1. The van der Waals surface area contributed by atoms with Gasteiger partial charge in [-0.2, -0.15) is 0 Å². The van der Waals surface area contributed by atoms with E-state index in [0.29, 0.717) is 0 Å². The van der Waals surface area contributed by atoms with Crippen molar-refractivity contribution >= 4 is 28.9 Å². The van der Waals surface area contributed by atoms with Crippen molar-refractivity contribution in [3.8, 4) is 0 Å². The lowest BCUT2D eigenvalue weighted by Crippen LogP contribution is -2.40. The number of rotatable bonds is 8. The molecule has 0 bridgehead atoms. The van der Waals surface area contributed by atoms with E-state index in [1.807, 2.05) is 24.3 Å². The van der Waals surface area contributed by atoms with E-state index in [-0.39, 0.29) is 0 Å². The maximum atomic E-state index is 5.88. The third-order valence-electron chi connectivity index (χ3n) is 3.21. The van der Waals surface area contributed by atoms with Crippen LogP contribution in [0.15, 0.2) is 24.3 Å². The van der Waals surface area contributed by atoms with Crippen LogP contribution in [0.1, 0.15) is 45.1 Å². The van der Waals surface area contributed by atoms with E-state index in [1.54, 1.807) is 0 Å². The van der Waals surface area contributed by atoms with Crippen LogP contribution in [-0.2, 0) is 6.54 Å². The predicted molar refractivity (Wildman–Crippen MR) is 92.3 cm³/mol. The van der Waals surface area contributed by atoms with Crippen LogP contribution in [0.3, 0.4) is 0 Å². The molecule has 0 aliphatic heterocycles. The highest BCUT2D eigenvalue weighted by atomic mass is 35.5. The van der Waals surface area contributed by atoms with Crippen molar-refractivity contribution < 1.29 is 0 Å². The minimum Gasteiger partial charge on any atom is -0.358 e. The summed E-state index contributed by atoms with van der Waals surface area (Å²) >= 11 is 11.4. The van der Waals surface area contributed by atoms with Crippen LogP contribution in [0.5, 0.6) is 0 Å².